The van der Waals surface area contributed by atoms with E-state index in [1.807, 2.05) is 12.1 Å². The molecular weight excluding hydrogens is 378 g/mol. The van der Waals surface area contributed by atoms with E-state index >= 15 is 0 Å². The van der Waals surface area contributed by atoms with Gasteiger partial charge in [0.15, 0.2) is 0 Å². The number of aromatic carboxylic acids is 1. The van der Waals surface area contributed by atoms with Crippen LogP contribution in [-0.2, 0) is 0 Å². The Kier molecular flexibility index (Phi) is 3.46. The minimum Gasteiger partial charge on any atom is -0.478 e. The first kappa shape index (κ1) is 15.4. The minimum atomic E-state index is -0.836. The fraction of sp³-hybridized carbons (Fsp3) is 0.381. The maximum absolute atomic E-state index is 11.4. The van der Waals surface area contributed by atoms with Crippen LogP contribution in [0.15, 0.2) is 46.9 Å². The molecule has 0 radical (unpaired) electrons. The number of halogens is 1. The lowest BCUT2D eigenvalue weighted by Gasteiger charge is -2.43. The molecule has 25 heavy (non-hydrogen) atoms. The summed E-state index contributed by atoms with van der Waals surface area (Å²) >= 11 is 3.53. The Balaban J connectivity index is 1.62. The number of hydrogen-bond acceptors (Lipinski definition) is 2. The lowest BCUT2D eigenvalue weighted by molar-refractivity contribution is 0.0696. The number of anilines is 1. The highest BCUT2D eigenvalue weighted by Crippen LogP contribution is 2.63. The van der Waals surface area contributed by atoms with Crippen molar-refractivity contribution < 1.29 is 9.90 Å². The van der Waals surface area contributed by atoms with Gasteiger partial charge in [0, 0.05) is 10.2 Å². The van der Waals surface area contributed by atoms with Crippen LogP contribution < -0.4 is 5.32 Å². The van der Waals surface area contributed by atoms with Crippen molar-refractivity contribution in [1.82, 2.24) is 0 Å². The summed E-state index contributed by atoms with van der Waals surface area (Å²) in [6.07, 6.45) is 3.89. The molecule has 5 rings (SSSR count). The van der Waals surface area contributed by atoms with Crippen LogP contribution in [-0.4, -0.2) is 11.1 Å². The van der Waals surface area contributed by atoms with Crippen LogP contribution in [0, 0.1) is 17.8 Å². The van der Waals surface area contributed by atoms with E-state index in [0.29, 0.717) is 29.4 Å². The summed E-state index contributed by atoms with van der Waals surface area (Å²) in [7, 11) is 0. The molecule has 1 aliphatic heterocycles. The third-order valence-electron chi connectivity index (χ3n) is 6.56. The third kappa shape index (κ3) is 2.34. The molecule has 2 bridgehead atoms. The summed E-state index contributed by atoms with van der Waals surface area (Å²) in [4.78, 5) is 11.4. The van der Waals surface area contributed by atoms with Gasteiger partial charge in [-0.05, 0) is 84.4 Å². The second-order valence-electron chi connectivity index (χ2n) is 7.72. The van der Waals surface area contributed by atoms with Gasteiger partial charge in [-0.3, -0.25) is 0 Å². The van der Waals surface area contributed by atoms with Gasteiger partial charge in [-0.25, -0.2) is 4.79 Å². The molecule has 1 heterocycles. The molecule has 2 saturated carbocycles. The van der Waals surface area contributed by atoms with Crippen molar-refractivity contribution in [2.45, 2.75) is 31.2 Å². The van der Waals surface area contributed by atoms with E-state index in [0.717, 1.165) is 16.1 Å². The van der Waals surface area contributed by atoms with Crippen molar-refractivity contribution in [3.05, 3.63) is 63.6 Å². The minimum absolute atomic E-state index is 0.316. The molecule has 0 aromatic heterocycles. The maximum atomic E-state index is 11.4. The van der Waals surface area contributed by atoms with Crippen LogP contribution in [0.3, 0.4) is 0 Å². The monoisotopic (exact) mass is 397 g/mol. The van der Waals surface area contributed by atoms with Crippen LogP contribution in [0.25, 0.3) is 0 Å². The lowest BCUT2D eigenvalue weighted by atomic mass is 9.68. The van der Waals surface area contributed by atoms with E-state index < -0.39 is 5.97 Å². The molecule has 3 aliphatic rings. The summed E-state index contributed by atoms with van der Waals surface area (Å²) < 4.78 is 1.10. The van der Waals surface area contributed by atoms with Crippen molar-refractivity contribution in [1.29, 1.82) is 0 Å². The van der Waals surface area contributed by atoms with Crippen LogP contribution in [0.4, 0.5) is 5.69 Å². The second kappa shape index (κ2) is 5.60. The molecule has 2 aromatic carbocycles. The molecule has 0 saturated heterocycles. The third-order valence-corrected chi connectivity index (χ3v) is 7.09. The normalized spacial score (nSPS) is 32.0. The number of carboxylic acid groups (broad SMARTS) is 1. The summed E-state index contributed by atoms with van der Waals surface area (Å²) in [5, 5.41) is 13.1. The fourth-order valence-corrected chi connectivity index (χ4v) is 5.88. The highest BCUT2D eigenvalue weighted by molar-refractivity contribution is 9.10. The smallest absolute Gasteiger partial charge is 0.335 e. The Morgan fingerprint density at radius 2 is 1.84 bits per heavy atom. The van der Waals surface area contributed by atoms with Crippen molar-refractivity contribution >= 4 is 27.6 Å². The summed E-state index contributed by atoms with van der Waals surface area (Å²) in [5.74, 6) is 1.67. The zero-order valence-electron chi connectivity index (χ0n) is 13.8. The van der Waals surface area contributed by atoms with Gasteiger partial charge in [0.05, 0.1) is 11.6 Å². The summed E-state index contributed by atoms with van der Waals surface area (Å²) in [6.45, 7) is 0. The van der Waals surface area contributed by atoms with Gasteiger partial charge >= 0.3 is 5.97 Å². The van der Waals surface area contributed by atoms with Crippen molar-refractivity contribution in [2.24, 2.45) is 17.8 Å². The molecule has 2 aromatic rings. The predicted octanol–water partition coefficient (Wildman–Crippen LogP) is 5.44. The quantitative estimate of drug-likeness (QED) is 0.708. The van der Waals surface area contributed by atoms with Crippen molar-refractivity contribution in [2.75, 3.05) is 5.32 Å². The number of hydrogen-bond donors (Lipinski definition) is 2. The molecule has 4 heteroatoms. The summed E-state index contributed by atoms with van der Waals surface area (Å²) in [5.41, 5.74) is 4.08. The van der Waals surface area contributed by atoms with E-state index in [9.17, 15) is 9.90 Å². The lowest BCUT2D eigenvalue weighted by Crippen LogP contribution is -2.35. The predicted molar refractivity (Wildman–Crippen MR) is 101 cm³/mol. The SMILES string of the molecule is O=C(O)c1ccc2c(c1)[C@@H]1[C@H]3CC[C@@H](C3)[C@H]1[C@H](c1ccc(Br)cc1)N2. The average Bonchev–Trinajstić information content (AvgIpc) is 3.23. The molecule has 2 N–H and O–H groups in total. The molecule has 5 atom stereocenters. The molecule has 0 amide bonds. The number of fused-ring (bicyclic) bond motifs is 7. The second-order valence-corrected chi connectivity index (χ2v) is 8.63. The van der Waals surface area contributed by atoms with Gasteiger partial charge < -0.3 is 10.4 Å². The Morgan fingerprint density at radius 1 is 1.08 bits per heavy atom. The Hall–Kier alpha value is -1.81. The highest BCUT2D eigenvalue weighted by atomic mass is 79.9. The number of nitrogens with one attached hydrogen (secondary N) is 1. The molecule has 2 aliphatic carbocycles. The van der Waals surface area contributed by atoms with E-state index in [-0.39, 0.29) is 0 Å². The highest BCUT2D eigenvalue weighted by Gasteiger charge is 2.53. The first-order chi connectivity index (χ1) is 12.1. The van der Waals surface area contributed by atoms with Gasteiger partial charge in [-0.15, -0.1) is 0 Å². The zero-order chi connectivity index (χ0) is 17.1. The number of rotatable bonds is 2. The van der Waals surface area contributed by atoms with Crippen LogP contribution >= 0.6 is 15.9 Å². The van der Waals surface area contributed by atoms with Crippen molar-refractivity contribution in [3.63, 3.8) is 0 Å². The number of carboxylic acids is 1. The van der Waals surface area contributed by atoms with E-state index in [1.165, 1.54) is 30.4 Å². The van der Waals surface area contributed by atoms with Gasteiger partial charge in [0.25, 0.3) is 0 Å². The summed E-state index contributed by atoms with van der Waals surface area (Å²) in [6, 6.07) is 14.6. The van der Waals surface area contributed by atoms with Crippen LogP contribution in [0.2, 0.25) is 0 Å². The van der Waals surface area contributed by atoms with Gasteiger partial charge in [0.2, 0.25) is 0 Å². The Labute approximate surface area is 155 Å². The molecule has 0 spiro atoms. The fourth-order valence-electron chi connectivity index (χ4n) is 5.62. The Morgan fingerprint density at radius 3 is 2.60 bits per heavy atom. The zero-order valence-corrected chi connectivity index (χ0v) is 15.4. The number of benzene rings is 2. The molecular formula is C21H20BrNO2. The topological polar surface area (TPSA) is 49.3 Å². The standard InChI is InChI=1S/C21H20BrNO2/c22-15-6-3-11(4-7-15)20-19-13-2-1-12(9-13)18(19)16-10-14(21(24)25)5-8-17(16)23-20/h3-8,10,12-13,18-20,23H,1-2,9H2,(H,24,25)/t12-,13-,18-,19+,20-/m0/s1. The van der Waals surface area contributed by atoms with Crippen molar-refractivity contribution in [3.8, 4) is 0 Å². The van der Waals surface area contributed by atoms with E-state index in [2.05, 4.69) is 45.5 Å². The first-order valence-corrected chi connectivity index (χ1v) is 9.80. The maximum Gasteiger partial charge on any atom is 0.335 e. The van der Waals surface area contributed by atoms with E-state index in [4.69, 9.17) is 0 Å². The van der Waals surface area contributed by atoms with Crippen LogP contribution in [0.1, 0.15) is 52.7 Å². The number of carbonyl (C=O) groups is 1. The first-order valence-electron chi connectivity index (χ1n) is 9.01. The van der Waals surface area contributed by atoms with Gasteiger partial charge in [-0.1, -0.05) is 28.1 Å². The van der Waals surface area contributed by atoms with Gasteiger partial charge in [0.1, 0.15) is 0 Å². The molecule has 128 valence electrons. The molecule has 2 fully saturated rings. The average molecular weight is 398 g/mol. The Bertz CT molecular complexity index is 847. The largest absolute Gasteiger partial charge is 0.478 e. The van der Waals surface area contributed by atoms with Crippen LogP contribution in [0.5, 0.6) is 0 Å². The van der Waals surface area contributed by atoms with Gasteiger partial charge in [-0.2, -0.15) is 0 Å². The van der Waals surface area contributed by atoms with E-state index in [1.54, 1.807) is 6.07 Å². The molecule has 0 unspecified atom stereocenters. The molecule has 3 nitrogen and oxygen atoms in total.